The van der Waals surface area contributed by atoms with Crippen molar-refractivity contribution in [2.24, 2.45) is 0 Å². The van der Waals surface area contributed by atoms with Crippen LogP contribution in [0.4, 0.5) is 21.9 Å². The van der Waals surface area contributed by atoms with Crippen LogP contribution in [0.15, 0.2) is 72.8 Å². The maximum absolute atomic E-state index is 13.1. The molecule has 0 saturated carbocycles. The van der Waals surface area contributed by atoms with Gasteiger partial charge in [0.2, 0.25) is 0 Å². The van der Waals surface area contributed by atoms with Gasteiger partial charge in [-0.2, -0.15) is 0 Å². The monoisotopic (exact) mass is 442 g/mol. The first-order chi connectivity index (χ1) is 16.1. The van der Waals surface area contributed by atoms with E-state index in [0.717, 1.165) is 54.9 Å². The van der Waals surface area contributed by atoms with Crippen LogP contribution < -0.4 is 20.9 Å². The van der Waals surface area contributed by atoms with E-state index in [0.29, 0.717) is 17.8 Å². The van der Waals surface area contributed by atoms with E-state index in [1.165, 1.54) is 0 Å². The van der Waals surface area contributed by atoms with Gasteiger partial charge in [0, 0.05) is 36.7 Å². The number of benzene rings is 3. The second-order valence-electron chi connectivity index (χ2n) is 8.23. The average molecular weight is 443 g/mol. The Balaban J connectivity index is 1.50. The van der Waals surface area contributed by atoms with Crippen molar-refractivity contribution in [1.29, 1.82) is 0 Å². The third-order valence-electron chi connectivity index (χ3n) is 5.83. The lowest BCUT2D eigenvalue weighted by molar-refractivity contribution is 0.0951. The largest absolute Gasteiger partial charge is 0.371 e. The molecule has 1 heterocycles. The molecule has 6 nitrogen and oxygen atoms in total. The number of hydrogen-bond donors (Lipinski definition) is 3. The molecule has 1 aliphatic rings. The van der Waals surface area contributed by atoms with Crippen LogP contribution in [0, 0.1) is 0 Å². The Hall–Kier alpha value is -3.80. The minimum atomic E-state index is -0.340. The van der Waals surface area contributed by atoms with Crippen LogP contribution in [0.3, 0.4) is 0 Å². The molecule has 0 aromatic heterocycles. The van der Waals surface area contributed by atoms with Gasteiger partial charge < -0.3 is 20.9 Å². The number of hydrogen-bond acceptors (Lipinski definition) is 3. The summed E-state index contributed by atoms with van der Waals surface area (Å²) in [5, 5.41) is 8.75. The van der Waals surface area contributed by atoms with Crippen LogP contribution in [0.5, 0.6) is 0 Å². The normalized spacial score (nSPS) is 12.9. The molecule has 0 bridgehead atoms. The highest BCUT2D eigenvalue weighted by molar-refractivity contribution is 6.04. The van der Waals surface area contributed by atoms with E-state index >= 15 is 0 Å². The first kappa shape index (κ1) is 22.4. The van der Waals surface area contributed by atoms with E-state index in [1.54, 1.807) is 6.07 Å². The maximum atomic E-state index is 13.1. The van der Waals surface area contributed by atoms with Crippen molar-refractivity contribution in [3.05, 3.63) is 89.5 Å². The number of urea groups is 1. The summed E-state index contributed by atoms with van der Waals surface area (Å²) < 4.78 is 0. The topological polar surface area (TPSA) is 73.5 Å². The van der Waals surface area contributed by atoms with Crippen LogP contribution in [0.1, 0.15) is 41.3 Å². The molecule has 0 atom stereocenters. The first-order valence-corrected chi connectivity index (χ1v) is 11.5. The number of carbonyl (C=O) groups excluding carboxylic acids is 2. The van der Waals surface area contributed by atoms with Crippen molar-refractivity contribution in [1.82, 2.24) is 5.32 Å². The maximum Gasteiger partial charge on any atom is 0.323 e. The van der Waals surface area contributed by atoms with Crippen molar-refractivity contribution in [3.63, 3.8) is 0 Å². The third-order valence-corrected chi connectivity index (χ3v) is 5.83. The van der Waals surface area contributed by atoms with Gasteiger partial charge in [0.05, 0.1) is 5.56 Å². The fourth-order valence-corrected chi connectivity index (χ4v) is 4.07. The number of nitrogens with one attached hydrogen (secondary N) is 3. The van der Waals surface area contributed by atoms with E-state index < -0.39 is 0 Å². The van der Waals surface area contributed by atoms with E-state index in [4.69, 9.17) is 0 Å². The Labute approximate surface area is 195 Å². The average Bonchev–Trinajstić information content (AvgIpc) is 3.38. The number of nitrogens with zero attached hydrogens (tertiary/aromatic N) is 1. The van der Waals surface area contributed by atoms with Crippen molar-refractivity contribution < 1.29 is 9.59 Å². The molecule has 170 valence electrons. The quantitative estimate of drug-likeness (QED) is 0.457. The predicted octanol–water partition coefficient (Wildman–Crippen LogP) is 5.42. The third kappa shape index (κ3) is 5.92. The molecule has 3 N–H and O–H groups in total. The molecular formula is C27H30N4O2. The van der Waals surface area contributed by atoms with Gasteiger partial charge >= 0.3 is 6.03 Å². The standard InChI is InChI=1S/C27H30N4O2/c1-2-20-11-8-12-22(17-20)29-27(33)30-23-13-14-25(31-15-6-7-16-31)24(18-23)26(32)28-19-21-9-4-3-5-10-21/h3-5,8-14,17-18H,2,6-7,15-16,19H2,1H3,(H,28,32)(H2,29,30,33). The Morgan fingerprint density at radius 2 is 1.52 bits per heavy atom. The fourth-order valence-electron chi connectivity index (χ4n) is 4.07. The molecule has 3 amide bonds. The fraction of sp³-hybridized carbons (Fsp3) is 0.259. The van der Waals surface area contributed by atoms with E-state index in [2.05, 4.69) is 27.8 Å². The summed E-state index contributed by atoms with van der Waals surface area (Å²) in [5.41, 5.74) is 4.98. The highest BCUT2D eigenvalue weighted by Gasteiger charge is 2.20. The van der Waals surface area contributed by atoms with Crippen molar-refractivity contribution in [2.45, 2.75) is 32.7 Å². The Morgan fingerprint density at radius 1 is 0.818 bits per heavy atom. The molecule has 0 spiro atoms. The summed E-state index contributed by atoms with van der Waals surface area (Å²) in [6.07, 6.45) is 3.13. The number of rotatable bonds is 7. The van der Waals surface area contributed by atoms with Gasteiger partial charge in [-0.25, -0.2) is 4.79 Å². The molecule has 6 heteroatoms. The highest BCUT2D eigenvalue weighted by atomic mass is 16.2. The zero-order valence-electron chi connectivity index (χ0n) is 18.9. The SMILES string of the molecule is CCc1cccc(NC(=O)Nc2ccc(N3CCCC3)c(C(=O)NCc3ccccc3)c2)c1. The lowest BCUT2D eigenvalue weighted by atomic mass is 10.1. The molecule has 3 aromatic rings. The van der Waals surface area contributed by atoms with Crippen molar-refractivity contribution in [3.8, 4) is 0 Å². The molecule has 3 aromatic carbocycles. The molecule has 33 heavy (non-hydrogen) atoms. The van der Waals surface area contributed by atoms with Crippen LogP contribution in [-0.2, 0) is 13.0 Å². The second-order valence-corrected chi connectivity index (χ2v) is 8.23. The zero-order valence-corrected chi connectivity index (χ0v) is 18.9. The molecule has 4 rings (SSSR count). The molecule has 1 fully saturated rings. The van der Waals surface area contributed by atoms with Gasteiger partial charge in [-0.1, -0.05) is 49.4 Å². The van der Waals surface area contributed by atoms with Crippen LogP contribution in [-0.4, -0.2) is 25.0 Å². The van der Waals surface area contributed by atoms with Crippen LogP contribution in [0.2, 0.25) is 0 Å². The molecule has 1 aliphatic heterocycles. The number of carbonyl (C=O) groups is 2. The van der Waals surface area contributed by atoms with Gasteiger partial charge in [-0.15, -0.1) is 0 Å². The summed E-state index contributed by atoms with van der Waals surface area (Å²) in [7, 11) is 0. The molecule has 0 aliphatic carbocycles. The molecule has 0 radical (unpaired) electrons. The second kappa shape index (κ2) is 10.7. The zero-order chi connectivity index (χ0) is 23.0. The van der Waals surface area contributed by atoms with Gasteiger partial charge in [0.15, 0.2) is 0 Å². The van der Waals surface area contributed by atoms with Gasteiger partial charge in [0.1, 0.15) is 0 Å². The van der Waals surface area contributed by atoms with E-state index in [1.807, 2.05) is 66.7 Å². The highest BCUT2D eigenvalue weighted by Crippen LogP contribution is 2.28. The molecule has 1 saturated heterocycles. The predicted molar refractivity (Wildman–Crippen MR) is 134 cm³/mol. The minimum Gasteiger partial charge on any atom is -0.371 e. The number of amides is 3. The Morgan fingerprint density at radius 3 is 2.24 bits per heavy atom. The number of anilines is 3. The minimum absolute atomic E-state index is 0.152. The van der Waals surface area contributed by atoms with Gasteiger partial charge in [-0.05, 0) is 60.7 Å². The van der Waals surface area contributed by atoms with Crippen LogP contribution in [0.25, 0.3) is 0 Å². The smallest absolute Gasteiger partial charge is 0.323 e. The van der Waals surface area contributed by atoms with Crippen LogP contribution >= 0.6 is 0 Å². The summed E-state index contributed by atoms with van der Waals surface area (Å²) >= 11 is 0. The van der Waals surface area contributed by atoms with Gasteiger partial charge in [0.25, 0.3) is 5.91 Å². The van der Waals surface area contributed by atoms with E-state index in [-0.39, 0.29) is 11.9 Å². The molecular weight excluding hydrogens is 412 g/mol. The molecule has 0 unspecified atom stereocenters. The van der Waals surface area contributed by atoms with E-state index in [9.17, 15) is 9.59 Å². The Kier molecular flexibility index (Phi) is 7.25. The first-order valence-electron chi connectivity index (χ1n) is 11.5. The summed E-state index contributed by atoms with van der Waals surface area (Å²) in [5.74, 6) is -0.152. The summed E-state index contributed by atoms with van der Waals surface area (Å²) in [6.45, 7) is 4.39. The summed E-state index contributed by atoms with van der Waals surface area (Å²) in [4.78, 5) is 27.9. The lowest BCUT2D eigenvalue weighted by Crippen LogP contribution is -2.27. The van der Waals surface area contributed by atoms with Gasteiger partial charge in [-0.3, -0.25) is 4.79 Å². The van der Waals surface area contributed by atoms with Crippen molar-refractivity contribution >= 4 is 29.0 Å². The summed E-state index contributed by atoms with van der Waals surface area (Å²) in [6, 6.07) is 22.8. The van der Waals surface area contributed by atoms with Crippen molar-refractivity contribution in [2.75, 3.05) is 28.6 Å². The number of aryl methyl sites for hydroxylation is 1. The lowest BCUT2D eigenvalue weighted by Gasteiger charge is -2.22. The Bertz CT molecular complexity index is 1110.